The highest BCUT2D eigenvalue weighted by molar-refractivity contribution is 6.13. The van der Waals surface area contributed by atoms with Crippen LogP contribution in [0.3, 0.4) is 0 Å². The van der Waals surface area contributed by atoms with Crippen LogP contribution in [0.15, 0.2) is 42.5 Å². The average Bonchev–Trinajstić information content (AvgIpc) is 3.51. The number of nitrogens with zero attached hydrogens (tertiary/aromatic N) is 1. The third-order valence-electron chi connectivity index (χ3n) is 8.60. The van der Waals surface area contributed by atoms with Crippen LogP contribution in [0.4, 0.5) is 0 Å². The quantitative estimate of drug-likeness (QED) is 0.269. The Balaban J connectivity index is 1.92. The van der Waals surface area contributed by atoms with Crippen LogP contribution in [-0.4, -0.2) is 75.4 Å². The molecule has 5 atom stereocenters. The molecule has 230 valence electrons. The third kappa shape index (κ3) is 5.46. The van der Waals surface area contributed by atoms with Crippen molar-refractivity contribution in [3.63, 3.8) is 0 Å². The van der Waals surface area contributed by atoms with Crippen LogP contribution >= 0.6 is 0 Å². The van der Waals surface area contributed by atoms with Crippen LogP contribution in [0.1, 0.15) is 58.4 Å². The van der Waals surface area contributed by atoms with Gasteiger partial charge >= 0.3 is 0 Å². The number of amides is 4. The van der Waals surface area contributed by atoms with E-state index < -0.39 is 76.8 Å². The smallest absolute Gasteiger partial charge is 0.252 e. The molecule has 2 aromatic carbocycles. The van der Waals surface area contributed by atoms with E-state index in [0.717, 1.165) is 10.3 Å². The van der Waals surface area contributed by atoms with Crippen LogP contribution in [0.2, 0.25) is 0 Å². The maximum atomic E-state index is 14.4. The Labute approximate surface area is 249 Å². The fraction of sp³-hybridized carbons (Fsp3) is 0.484. The van der Waals surface area contributed by atoms with Gasteiger partial charge in [-0.2, -0.15) is 0 Å². The Morgan fingerprint density at radius 3 is 2.30 bits per heavy atom. The van der Waals surface area contributed by atoms with Crippen LogP contribution in [-0.2, 0) is 34.4 Å². The zero-order valence-electron chi connectivity index (χ0n) is 24.6. The number of nitrogens with two attached hydrogens (primary N) is 2. The van der Waals surface area contributed by atoms with E-state index in [-0.39, 0.29) is 18.4 Å². The Kier molecular flexibility index (Phi) is 9.14. The molecule has 4 rings (SSSR count). The zero-order chi connectivity index (χ0) is 31.7. The van der Waals surface area contributed by atoms with E-state index in [4.69, 9.17) is 11.5 Å². The lowest BCUT2D eigenvalue weighted by molar-refractivity contribution is -0.195. The summed E-state index contributed by atoms with van der Waals surface area (Å²) in [6.07, 6.45) is -0.0815. The Morgan fingerprint density at radius 2 is 1.70 bits per heavy atom. The summed E-state index contributed by atoms with van der Waals surface area (Å²) in [6.45, 7) is 4.94. The number of ketones is 2. The first kappa shape index (κ1) is 31.9. The number of carbonyl (C=O) groups excluding carboxylic acids is 6. The van der Waals surface area contributed by atoms with Crippen LogP contribution in [0.5, 0.6) is 0 Å². The molecule has 12 heteroatoms. The predicted octanol–water partition coefficient (Wildman–Crippen LogP) is 0.169. The first-order valence-electron chi connectivity index (χ1n) is 14.5. The summed E-state index contributed by atoms with van der Waals surface area (Å²) in [5.41, 5.74) is 6.05. The Bertz CT molecular complexity index is 1470. The fourth-order valence-electron chi connectivity index (χ4n) is 6.49. The molecule has 4 amide bonds. The van der Waals surface area contributed by atoms with Gasteiger partial charge in [-0.1, -0.05) is 50.2 Å². The number of hydrogen-bond acceptors (Lipinski definition) is 9. The largest absolute Gasteiger partial charge is 0.375 e. The number of rotatable bonds is 9. The average molecular weight is 594 g/mol. The molecule has 2 aliphatic rings. The van der Waals surface area contributed by atoms with Crippen molar-refractivity contribution in [2.75, 3.05) is 6.54 Å². The summed E-state index contributed by atoms with van der Waals surface area (Å²) in [5, 5.41) is 19.6. The number of benzene rings is 2. The first-order chi connectivity index (χ1) is 20.3. The van der Waals surface area contributed by atoms with Gasteiger partial charge < -0.3 is 27.2 Å². The maximum absolute atomic E-state index is 14.4. The van der Waals surface area contributed by atoms with Gasteiger partial charge in [0, 0.05) is 12.8 Å². The van der Waals surface area contributed by atoms with Gasteiger partial charge in [0.1, 0.15) is 6.04 Å². The van der Waals surface area contributed by atoms with E-state index in [9.17, 15) is 33.9 Å². The Morgan fingerprint density at radius 1 is 1.05 bits per heavy atom. The lowest BCUT2D eigenvalue weighted by atomic mass is 9.58. The molecule has 1 heterocycles. The number of aliphatic hydroxyl groups is 1. The summed E-state index contributed by atoms with van der Waals surface area (Å²) in [6, 6.07) is 8.44. The minimum Gasteiger partial charge on any atom is -0.375 e. The molecule has 1 saturated heterocycles. The predicted molar refractivity (Wildman–Crippen MR) is 157 cm³/mol. The molecule has 0 bridgehead atoms. The van der Waals surface area contributed by atoms with Gasteiger partial charge in [-0.15, -0.1) is 0 Å². The summed E-state index contributed by atoms with van der Waals surface area (Å²) in [7, 11) is 0. The van der Waals surface area contributed by atoms with Gasteiger partial charge in [-0.3, -0.25) is 33.7 Å². The lowest BCUT2D eigenvalue weighted by Gasteiger charge is -2.55. The van der Waals surface area contributed by atoms with Crippen molar-refractivity contribution < 1.29 is 33.9 Å². The van der Waals surface area contributed by atoms with Gasteiger partial charge in [0.15, 0.2) is 22.7 Å². The minimum atomic E-state index is -2.60. The number of carbonyl (C=O) groups is 6. The maximum Gasteiger partial charge on any atom is 0.252 e. The molecule has 0 radical (unpaired) electrons. The van der Waals surface area contributed by atoms with Gasteiger partial charge in [-0.05, 0) is 54.6 Å². The number of fused-ring (bicyclic) bond motifs is 1. The number of imide groups is 1. The van der Waals surface area contributed by atoms with E-state index in [1.807, 2.05) is 12.1 Å². The molecule has 2 aromatic rings. The molecule has 43 heavy (non-hydrogen) atoms. The lowest BCUT2D eigenvalue weighted by Crippen LogP contribution is -2.78. The number of primary amides is 1. The highest BCUT2D eigenvalue weighted by Crippen LogP contribution is 2.49. The van der Waals surface area contributed by atoms with Crippen molar-refractivity contribution in [2.24, 2.45) is 17.4 Å². The topological polar surface area (TPSA) is 202 Å². The zero-order valence-corrected chi connectivity index (χ0v) is 24.6. The molecule has 1 aliphatic carbocycles. The SMILES string of the molecule is CC(C)[C@@]1(N(C(=O)C2CCCN2)C(=O)[C@H](C)NC(=O)[C@@H](N)CC(N)=O)C(=O)CCC(=O)C1(O)c1ccc2ccccc2c1. The molecule has 1 saturated carbocycles. The summed E-state index contributed by atoms with van der Waals surface area (Å²) < 4.78 is 0. The molecule has 2 unspecified atom stereocenters. The second kappa shape index (κ2) is 12.3. The molecule has 1 aliphatic heterocycles. The number of hydrogen-bond donors (Lipinski definition) is 5. The molecular formula is C31H39N5O7. The molecular weight excluding hydrogens is 554 g/mol. The number of Topliss-reactive ketones (excluding diaryl/α,β-unsaturated/α-hetero) is 2. The first-order valence-corrected chi connectivity index (χ1v) is 14.5. The Hall–Kier alpha value is -4.00. The van der Waals surface area contributed by atoms with Crippen molar-refractivity contribution >= 4 is 46.0 Å². The van der Waals surface area contributed by atoms with Crippen molar-refractivity contribution in [3.8, 4) is 0 Å². The monoisotopic (exact) mass is 593 g/mol. The highest BCUT2D eigenvalue weighted by Gasteiger charge is 2.70. The van der Waals surface area contributed by atoms with Crippen LogP contribution < -0.4 is 22.1 Å². The van der Waals surface area contributed by atoms with Crippen molar-refractivity contribution in [1.82, 2.24) is 15.5 Å². The molecule has 2 fully saturated rings. The van der Waals surface area contributed by atoms with E-state index >= 15 is 0 Å². The van der Waals surface area contributed by atoms with E-state index in [1.54, 1.807) is 38.1 Å². The van der Waals surface area contributed by atoms with Gasteiger partial charge in [0.05, 0.1) is 18.5 Å². The second-order valence-corrected chi connectivity index (χ2v) is 11.7. The second-order valence-electron chi connectivity index (χ2n) is 11.7. The van der Waals surface area contributed by atoms with Crippen molar-refractivity contribution in [3.05, 3.63) is 48.0 Å². The molecule has 7 N–H and O–H groups in total. The summed E-state index contributed by atoms with van der Waals surface area (Å²) in [5.74, 6) is -5.79. The molecule has 12 nitrogen and oxygen atoms in total. The molecule has 0 aromatic heterocycles. The highest BCUT2D eigenvalue weighted by atomic mass is 16.3. The third-order valence-corrected chi connectivity index (χ3v) is 8.60. The van der Waals surface area contributed by atoms with E-state index in [0.29, 0.717) is 24.8 Å². The minimum absolute atomic E-state index is 0.0723. The normalized spacial score (nSPS) is 25.4. The van der Waals surface area contributed by atoms with Crippen molar-refractivity contribution in [1.29, 1.82) is 0 Å². The van der Waals surface area contributed by atoms with Gasteiger partial charge in [0.2, 0.25) is 17.7 Å². The molecule has 0 spiro atoms. The van der Waals surface area contributed by atoms with E-state index in [1.165, 1.54) is 13.0 Å². The fourth-order valence-corrected chi connectivity index (χ4v) is 6.49. The van der Waals surface area contributed by atoms with Crippen molar-refractivity contribution in [2.45, 2.75) is 82.1 Å². The standard InChI is InChI=1S/C31H39N5O7/c1-17(2)30(24(37)12-13-25(38)31(30,43)21-11-10-19-7-4-5-8-20(19)15-21)36(29(42)23-9-6-14-34-23)28(41)18(3)35-27(40)22(32)16-26(33)39/h4-5,7-8,10-11,15,17-18,22-23,34,43H,6,9,12-14,16,32H2,1-3H3,(H2,33,39)(H,35,40)/t18-,22-,23?,30+,31?/m0/s1. The number of nitrogens with one attached hydrogen (secondary N) is 2. The van der Waals surface area contributed by atoms with Gasteiger partial charge in [0.25, 0.3) is 5.91 Å². The van der Waals surface area contributed by atoms with Crippen LogP contribution in [0, 0.1) is 5.92 Å². The van der Waals surface area contributed by atoms with E-state index in [2.05, 4.69) is 10.6 Å². The van der Waals surface area contributed by atoms with Gasteiger partial charge in [-0.25, -0.2) is 0 Å². The summed E-state index contributed by atoms with van der Waals surface area (Å²) >= 11 is 0. The summed E-state index contributed by atoms with van der Waals surface area (Å²) in [4.78, 5) is 81.6. The van der Waals surface area contributed by atoms with Crippen LogP contribution in [0.25, 0.3) is 10.8 Å².